The zero-order valence-corrected chi connectivity index (χ0v) is 11.7. The second kappa shape index (κ2) is 5.36. The average molecular weight is 269 g/mol. The van der Waals surface area contributed by atoms with Gasteiger partial charge in [-0.1, -0.05) is 6.92 Å². The Balaban J connectivity index is 2.14. The van der Waals surface area contributed by atoms with Crippen molar-refractivity contribution in [1.82, 2.24) is 4.90 Å². The third-order valence-electron chi connectivity index (χ3n) is 3.68. The number of furan rings is 1. The molecule has 4 nitrogen and oxygen atoms in total. The zero-order valence-electron chi connectivity index (χ0n) is 10.9. The summed E-state index contributed by atoms with van der Waals surface area (Å²) in [6.45, 7) is 7.54. The number of hydrogen-bond donors (Lipinski definition) is 1. The van der Waals surface area contributed by atoms with Gasteiger partial charge in [-0.05, 0) is 26.0 Å². The van der Waals surface area contributed by atoms with E-state index in [4.69, 9.17) is 9.52 Å². The Bertz CT molecular complexity index is 432. The Hall–Kier alpha value is -0.940. The van der Waals surface area contributed by atoms with Crippen LogP contribution in [-0.2, 0) is 0 Å². The number of hydrogen-bond acceptors (Lipinski definition) is 4. The van der Waals surface area contributed by atoms with E-state index in [1.807, 2.05) is 11.8 Å². The van der Waals surface area contributed by atoms with Crippen LogP contribution in [0.25, 0.3) is 0 Å². The summed E-state index contributed by atoms with van der Waals surface area (Å²) < 4.78 is 5.40. The lowest BCUT2D eigenvalue weighted by Gasteiger charge is -2.40. The molecule has 1 aromatic heterocycles. The van der Waals surface area contributed by atoms with E-state index in [0.717, 1.165) is 18.1 Å². The van der Waals surface area contributed by atoms with E-state index in [1.54, 1.807) is 6.07 Å². The number of nitrogens with zero attached hydrogens (tertiary/aromatic N) is 1. The molecule has 1 N–H and O–H groups in total. The molecule has 100 valence electrons. The highest BCUT2D eigenvalue weighted by atomic mass is 32.2. The van der Waals surface area contributed by atoms with Crippen molar-refractivity contribution in [2.45, 2.75) is 38.1 Å². The lowest BCUT2D eigenvalue weighted by atomic mass is 10.1. The first-order chi connectivity index (χ1) is 8.50. The molecule has 3 unspecified atom stereocenters. The normalized spacial score (nSPS) is 27.1. The molecule has 18 heavy (non-hydrogen) atoms. The fourth-order valence-electron chi connectivity index (χ4n) is 2.36. The van der Waals surface area contributed by atoms with Crippen LogP contribution in [0.4, 0.5) is 0 Å². The molecule has 5 heteroatoms. The van der Waals surface area contributed by atoms with Crippen molar-refractivity contribution in [1.29, 1.82) is 0 Å². The number of carboxylic acids is 1. The Morgan fingerprint density at radius 2 is 2.28 bits per heavy atom. The minimum absolute atomic E-state index is 0.0175. The van der Waals surface area contributed by atoms with Crippen LogP contribution in [0.3, 0.4) is 0 Å². The quantitative estimate of drug-likeness (QED) is 0.914. The summed E-state index contributed by atoms with van der Waals surface area (Å²) in [5.74, 6) is 0.855. The molecule has 0 aliphatic carbocycles. The van der Waals surface area contributed by atoms with Gasteiger partial charge in [-0.3, -0.25) is 4.90 Å². The lowest BCUT2D eigenvalue weighted by Crippen LogP contribution is -2.45. The van der Waals surface area contributed by atoms with Gasteiger partial charge >= 0.3 is 5.97 Å². The first-order valence-corrected chi connectivity index (χ1v) is 7.26. The second-order valence-corrected chi connectivity index (χ2v) is 6.22. The van der Waals surface area contributed by atoms with E-state index in [1.165, 1.54) is 6.07 Å². The number of aromatic carboxylic acids is 1. The van der Waals surface area contributed by atoms with Gasteiger partial charge in [0.05, 0.1) is 6.04 Å². The van der Waals surface area contributed by atoms with Gasteiger partial charge in [-0.2, -0.15) is 11.8 Å². The van der Waals surface area contributed by atoms with E-state index >= 15 is 0 Å². The molecule has 0 amide bonds. The molecule has 0 bridgehead atoms. The molecule has 1 aliphatic rings. The average Bonchev–Trinajstić information content (AvgIpc) is 2.81. The van der Waals surface area contributed by atoms with Crippen molar-refractivity contribution >= 4 is 17.7 Å². The van der Waals surface area contributed by atoms with Crippen molar-refractivity contribution in [2.75, 3.05) is 12.3 Å². The van der Waals surface area contributed by atoms with E-state index in [9.17, 15) is 4.79 Å². The van der Waals surface area contributed by atoms with Gasteiger partial charge in [0.25, 0.3) is 0 Å². The van der Waals surface area contributed by atoms with Crippen LogP contribution in [0, 0.1) is 0 Å². The number of thioether (sulfide) groups is 1. The summed E-state index contributed by atoms with van der Waals surface area (Å²) >= 11 is 1.99. The molecule has 1 saturated heterocycles. The molecule has 1 aromatic rings. The van der Waals surface area contributed by atoms with Crippen LogP contribution >= 0.6 is 11.8 Å². The van der Waals surface area contributed by atoms with Crippen LogP contribution in [0.15, 0.2) is 16.5 Å². The van der Waals surface area contributed by atoms with Gasteiger partial charge < -0.3 is 9.52 Å². The fraction of sp³-hybridized carbons (Fsp3) is 0.615. The molecule has 1 fully saturated rings. The predicted octanol–water partition coefficient (Wildman–Crippen LogP) is 2.86. The number of carboxylic acid groups (broad SMARTS) is 1. The van der Waals surface area contributed by atoms with Crippen molar-refractivity contribution in [3.63, 3.8) is 0 Å². The largest absolute Gasteiger partial charge is 0.475 e. The van der Waals surface area contributed by atoms with E-state index < -0.39 is 5.97 Å². The van der Waals surface area contributed by atoms with Crippen LogP contribution in [0.1, 0.15) is 43.1 Å². The standard InChI is InChI=1S/C13H19NO3S/c1-8-10(3)18-7-6-14(8)9(2)11-4-5-12(17-11)13(15)16/h4-5,8-10H,6-7H2,1-3H3,(H,15,16). The molecular weight excluding hydrogens is 250 g/mol. The topological polar surface area (TPSA) is 53.7 Å². The lowest BCUT2D eigenvalue weighted by molar-refractivity contribution is 0.0653. The van der Waals surface area contributed by atoms with Crippen molar-refractivity contribution in [2.24, 2.45) is 0 Å². The summed E-state index contributed by atoms with van der Waals surface area (Å²) in [6, 6.07) is 3.89. The van der Waals surface area contributed by atoms with Crippen LogP contribution in [-0.4, -0.2) is 39.6 Å². The summed E-state index contributed by atoms with van der Waals surface area (Å²) in [4.78, 5) is 13.2. The molecule has 0 aromatic carbocycles. The summed E-state index contributed by atoms with van der Waals surface area (Å²) in [5, 5.41) is 9.47. The molecular formula is C13H19NO3S. The van der Waals surface area contributed by atoms with Gasteiger partial charge in [0.2, 0.25) is 5.76 Å². The SMILES string of the molecule is CC1SCCN(C(C)c2ccc(C(=O)O)o2)C1C. The highest BCUT2D eigenvalue weighted by Gasteiger charge is 2.30. The fourth-order valence-corrected chi connectivity index (χ4v) is 3.48. The highest BCUT2D eigenvalue weighted by molar-refractivity contribution is 8.00. The Morgan fingerprint density at radius 3 is 2.89 bits per heavy atom. The summed E-state index contributed by atoms with van der Waals surface area (Å²) in [5.41, 5.74) is 0. The summed E-state index contributed by atoms with van der Waals surface area (Å²) in [7, 11) is 0. The third kappa shape index (κ3) is 2.57. The minimum Gasteiger partial charge on any atom is -0.475 e. The van der Waals surface area contributed by atoms with Crippen LogP contribution < -0.4 is 0 Å². The number of rotatable bonds is 3. The molecule has 0 radical (unpaired) electrons. The predicted molar refractivity (Wildman–Crippen MR) is 72.2 cm³/mol. The van der Waals surface area contributed by atoms with Crippen molar-refractivity contribution in [3.8, 4) is 0 Å². The van der Waals surface area contributed by atoms with Gasteiger partial charge in [-0.15, -0.1) is 0 Å². The first kappa shape index (κ1) is 13.5. The molecule has 0 saturated carbocycles. The molecule has 2 rings (SSSR count). The first-order valence-electron chi connectivity index (χ1n) is 6.21. The van der Waals surface area contributed by atoms with E-state index in [-0.39, 0.29) is 11.8 Å². The Kier molecular flexibility index (Phi) is 4.02. The van der Waals surface area contributed by atoms with Gasteiger partial charge in [0, 0.05) is 23.6 Å². The molecule has 2 heterocycles. The minimum atomic E-state index is -1.01. The number of carbonyl (C=O) groups is 1. The smallest absolute Gasteiger partial charge is 0.371 e. The zero-order chi connectivity index (χ0) is 13.3. The van der Waals surface area contributed by atoms with Gasteiger partial charge in [0.1, 0.15) is 5.76 Å². The summed E-state index contributed by atoms with van der Waals surface area (Å²) in [6.07, 6.45) is 0. The van der Waals surface area contributed by atoms with Crippen molar-refractivity contribution < 1.29 is 14.3 Å². The van der Waals surface area contributed by atoms with E-state index in [0.29, 0.717) is 11.3 Å². The van der Waals surface area contributed by atoms with Crippen LogP contribution in [0.2, 0.25) is 0 Å². The maximum absolute atomic E-state index is 10.8. The van der Waals surface area contributed by atoms with E-state index in [2.05, 4.69) is 25.7 Å². The molecule has 0 spiro atoms. The molecule has 3 atom stereocenters. The van der Waals surface area contributed by atoms with Crippen LogP contribution in [0.5, 0.6) is 0 Å². The van der Waals surface area contributed by atoms with Crippen molar-refractivity contribution in [3.05, 3.63) is 23.7 Å². The Labute approximate surface area is 111 Å². The maximum atomic E-state index is 10.8. The maximum Gasteiger partial charge on any atom is 0.371 e. The molecule has 1 aliphatic heterocycles. The second-order valence-electron chi connectivity index (χ2n) is 4.74. The third-order valence-corrected chi connectivity index (χ3v) is 5.02. The Morgan fingerprint density at radius 1 is 1.56 bits per heavy atom. The van der Waals surface area contributed by atoms with Gasteiger partial charge in [0.15, 0.2) is 0 Å². The van der Waals surface area contributed by atoms with Gasteiger partial charge in [-0.25, -0.2) is 4.79 Å². The monoisotopic (exact) mass is 269 g/mol. The highest BCUT2D eigenvalue weighted by Crippen LogP contribution is 2.32.